The van der Waals surface area contributed by atoms with E-state index in [1.165, 1.54) is 0 Å². The highest BCUT2D eigenvalue weighted by atomic mass is 35.5. The molecule has 5 nitrogen and oxygen atoms in total. The van der Waals surface area contributed by atoms with Crippen LogP contribution in [0.5, 0.6) is 0 Å². The summed E-state index contributed by atoms with van der Waals surface area (Å²) >= 11 is 6.48. The van der Waals surface area contributed by atoms with Gasteiger partial charge in [0.15, 0.2) is 0 Å². The van der Waals surface area contributed by atoms with Crippen molar-refractivity contribution in [3.05, 3.63) is 126 Å². The van der Waals surface area contributed by atoms with Crippen molar-refractivity contribution in [2.24, 2.45) is 0 Å². The maximum absolute atomic E-state index is 14.4. The molecule has 1 amide bonds. The zero-order valence-electron chi connectivity index (χ0n) is 23.7. The number of alkyl carbamates (subject to hydrolysis) is 1. The van der Waals surface area contributed by atoms with Gasteiger partial charge in [0.2, 0.25) is 0 Å². The molecule has 0 fully saturated rings. The highest BCUT2D eigenvalue weighted by Crippen LogP contribution is 2.49. The highest BCUT2D eigenvalue weighted by molar-refractivity contribution is 7.96. The van der Waals surface area contributed by atoms with Crippen LogP contribution in [0.2, 0.25) is 5.02 Å². The predicted octanol–water partition coefficient (Wildman–Crippen LogP) is 6.64. The van der Waals surface area contributed by atoms with Gasteiger partial charge in [-0.3, -0.25) is 0 Å². The molecule has 4 aromatic carbocycles. The largest absolute Gasteiger partial charge is 0.463 e. The molecule has 0 aliphatic rings. The minimum Gasteiger partial charge on any atom is -0.463 e. The number of nitrogens with one attached hydrogen (secondary N) is 1. The lowest BCUT2D eigenvalue weighted by molar-refractivity contribution is -0.135. The van der Waals surface area contributed by atoms with Gasteiger partial charge in [0.1, 0.15) is 5.60 Å². The maximum atomic E-state index is 14.4. The van der Waals surface area contributed by atoms with Crippen molar-refractivity contribution in [1.29, 1.82) is 0 Å². The second-order valence-electron chi connectivity index (χ2n) is 10.4. The number of esters is 1. The third-order valence-electron chi connectivity index (χ3n) is 6.39. The molecule has 0 spiro atoms. The first-order chi connectivity index (χ1) is 19.7. The van der Waals surface area contributed by atoms with Crippen molar-refractivity contribution < 1.29 is 19.1 Å². The van der Waals surface area contributed by atoms with Crippen molar-refractivity contribution >= 4 is 51.8 Å². The Balaban J connectivity index is 2.24. The summed E-state index contributed by atoms with van der Waals surface area (Å²) in [7, 11) is 0. The van der Waals surface area contributed by atoms with E-state index in [1.54, 1.807) is 45.9 Å². The molecule has 0 heterocycles. The number of hydrogen-bond acceptors (Lipinski definition) is 4. The molecule has 0 aliphatic carbocycles. The van der Waals surface area contributed by atoms with Crippen LogP contribution in [0.4, 0.5) is 4.79 Å². The molecule has 0 unspecified atom stereocenters. The van der Waals surface area contributed by atoms with Gasteiger partial charge < -0.3 is 14.8 Å². The van der Waals surface area contributed by atoms with Gasteiger partial charge in [-0.05, 0) is 68.2 Å². The Bertz CT molecular complexity index is 1430. The zero-order valence-corrected chi connectivity index (χ0v) is 25.4. The Hall–Kier alpha value is -3.79. The molecule has 0 bridgehead atoms. The lowest BCUT2D eigenvalue weighted by Crippen LogP contribution is -2.44. The first kappa shape index (κ1) is 30.2. The lowest BCUT2D eigenvalue weighted by Gasteiger charge is -2.35. The van der Waals surface area contributed by atoms with Gasteiger partial charge in [0.05, 0.1) is 17.9 Å². The summed E-state index contributed by atoms with van der Waals surface area (Å²) in [5, 5.41) is 6.76. The SMILES string of the molecule is CCOC(=O)C([C@H](NC(=O)OC(C)(C)C)c1cccc(Cl)c1)=P(c1ccccc1)(c1ccccc1)c1ccccc1. The number of carbonyl (C=O) groups is 2. The smallest absolute Gasteiger partial charge is 0.408 e. The number of ether oxygens (including phenoxy) is 2. The molecule has 1 atom stereocenters. The van der Waals surface area contributed by atoms with Crippen LogP contribution >= 0.6 is 18.5 Å². The Morgan fingerprint density at radius 3 is 1.68 bits per heavy atom. The van der Waals surface area contributed by atoms with Crippen molar-refractivity contribution in [3.8, 4) is 0 Å². The van der Waals surface area contributed by atoms with Crippen LogP contribution in [0.25, 0.3) is 0 Å². The second kappa shape index (κ2) is 13.2. The van der Waals surface area contributed by atoms with Crippen LogP contribution in [0.15, 0.2) is 115 Å². The van der Waals surface area contributed by atoms with Gasteiger partial charge in [-0.2, -0.15) is 0 Å². The minimum absolute atomic E-state index is 0.162. The van der Waals surface area contributed by atoms with Gasteiger partial charge in [-0.25, -0.2) is 9.59 Å². The number of carbonyl (C=O) groups excluding carboxylic acids is 2. The normalized spacial score (nSPS) is 12.2. The summed E-state index contributed by atoms with van der Waals surface area (Å²) < 4.78 is 11.5. The fourth-order valence-electron chi connectivity index (χ4n) is 4.89. The summed E-state index contributed by atoms with van der Waals surface area (Å²) in [4.78, 5) is 27.8. The van der Waals surface area contributed by atoms with E-state index in [2.05, 4.69) is 5.32 Å². The molecule has 0 aliphatic heterocycles. The molecule has 7 heteroatoms. The third-order valence-corrected chi connectivity index (χ3v) is 11.0. The molecule has 41 heavy (non-hydrogen) atoms. The maximum Gasteiger partial charge on any atom is 0.408 e. The summed E-state index contributed by atoms with van der Waals surface area (Å²) in [6.45, 7) is 4.37. The topological polar surface area (TPSA) is 64.6 Å². The lowest BCUT2D eigenvalue weighted by atomic mass is 10.0. The predicted molar refractivity (Wildman–Crippen MR) is 170 cm³/mol. The molecule has 212 valence electrons. The number of benzene rings is 4. The first-order valence-electron chi connectivity index (χ1n) is 13.5. The van der Waals surface area contributed by atoms with Crippen LogP contribution in [-0.2, 0) is 14.3 Å². The monoisotopic (exact) mass is 587 g/mol. The van der Waals surface area contributed by atoms with E-state index in [-0.39, 0.29) is 6.61 Å². The van der Waals surface area contributed by atoms with Gasteiger partial charge in [-0.15, -0.1) is 0 Å². The number of amides is 1. The number of rotatable bonds is 8. The van der Waals surface area contributed by atoms with E-state index >= 15 is 0 Å². The Morgan fingerprint density at radius 2 is 1.27 bits per heavy atom. The summed E-state index contributed by atoms with van der Waals surface area (Å²) in [6.07, 6.45) is -0.656. The van der Waals surface area contributed by atoms with Gasteiger partial charge >= 0.3 is 12.1 Å². The molecule has 0 aromatic heterocycles. The molecule has 1 N–H and O–H groups in total. The molecule has 0 radical (unpaired) electrons. The Labute approximate surface area is 247 Å². The fourth-order valence-corrected chi connectivity index (χ4v) is 9.62. The molecule has 0 saturated heterocycles. The fraction of sp³-hybridized carbons (Fsp3) is 0.206. The molecular weight excluding hydrogens is 553 g/mol. The standard InChI is InChI=1S/C34H35ClNO4P/c1-5-39-32(37)31(30(25-16-15-17-26(35)24-25)36-33(38)40-34(2,3)4)41(27-18-9-6-10-19-27,28-20-11-7-12-21-28)29-22-13-8-14-23-29/h6-24,30H,5H2,1-4H3,(H,36,38)/t30-/m1/s1. The van der Waals surface area contributed by atoms with Crippen molar-refractivity contribution in [1.82, 2.24) is 5.32 Å². The van der Waals surface area contributed by atoms with Crippen LogP contribution in [0.3, 0.4) is 0 Å². The van der Waals surface area contributed by atoms with Crippen LogP contribution < -0.4 is 21.2 Å². The molecule has 0 saturated carbocycles. The van der Waals surface area contributed by atoms with Crippen molar-refractivity contribution in [2.75, 3.05) is 6.61 Å². The van der Waals surface area contributed by atoms with Crippen molar-refractivity contribution in [2.45, 2.75) is 39.3 Å². The minimum atomic E-state index is -2.96. The molecular formula is C34H35ClNO4P. The summed E-state index contributed by atoms with van der Waals surface area (Å²) in [5.74, 6) is -0.501. The van der Waals surface area contributed by atoms with E-state index in [4.69, 9.17) is 21.1 Å². The van der Waals surface area contributed by atoms with E-state index in [9.17, 15) is 9.59 Å². The Morgan fingerprint density at radius 1 is 0.780 bits per heavy atom. The van der Waals surface area contributed by atoms with E-state index in [1.807, 2.05) is 97.1 Å². The van der Waals surface area contributed by atoms with Crippen molar-refractivity contribution in [3.63, 3.8) is 0 Å². The summed E-state index contributed by atoms with van der Waals surface area (Å²) in [5.41, 5.74) is -0.115. The van der Waals surface area contributed by atoms with Crippen LogP contribution in [0, 0.1) is 0 Å². The number of halogens is 1. The van der Waals surface area contributed by atoms with Crippen LogP contribution in [0.1, 0.15) is 39.3 Å². The molecule has 4 aromatic rings. The van der Waals surface area contributed by atoms with Gasteiger partial charge in [0, 0.05) is 5.02 Å². The van der Waals surface area contributed by atoms with E-state index in [0.717, 1.165) is 15.9 Å². The second-order valence-corrected chi connectivity index (χ2v) is 14.2. The van der Waals surface area contributed by atoms with Crippen LogP contribution in [-0.4, -0.2) is 29.6 Å². The van der Waals surface area contributed by atoms with E-state index in [0.29, 0.717) is 15.9 Å². The van der Waals surface area contributed by atoms with E-state index < -0.39 is 30.6 Å². The highest BCUT2D eigenvalue weighted by Gasteiger charge is 2.39. The first-order valence-corrected chi connectivity index (χ1v) is 15.7. The number of hydrogen-bond donors (Lipinski definition) is 1. The van der Waals surface area contributed by atoms with Gasteiger partial charge in [0.25, 0.3) is 0 Å². The third kappa shape index (κ3) is 6.93. The summed E-state index contributed by atoms with van der Waals surface area (Å²) in [6, 6.07) is 36.1. The average molecular weight is 588 g/mol. The van der Waals surface area contributed by atoms with Gasteiger partial charge in [-0.1, -0.05) is 115 Å². The average Bonchev–Trinajstić information content (AvgIpc) is 2.95. The quantitative estimate of drug-likeness (QED) is 0.185. The zero-order chi connectivity index (χ0) is 29.5. The Kier molecular flexibility index (Phi) is 9.75. The molecule has 4 rings (SSSR count).